The molecule has 0 atom stereocenters. The number of anilines is 1. The summed E-state index contributed by atoms with van der Waals surface area (Å²) in [6.45, 7) is 1.09. The summed E-state index contributed by atoms with van der Waals surface area (Å²) in [7, 11) is 3.30. The Balaban J connectivity index is 2.03. The Kier molecular flexibility index (Phi) is 4.40. The largest absolute Gasteiger partial charge is 0.383 e. The number of nitrogens with one attached hydrogen (secondary N) is 1. The molecule has 120 valence electrons. The summed E-state index contributed by atoms with van der Waals surface area (Å²) in [6.07, 6.45) is 0. The molecule has 0 saturated carbocycles. The van der Waals surface area contributed by atoms with E-state index in [-0.39, 0.29) is 11.4 Å². The van der Waals surface area contributed by atoms with Crippen LogP contribution in [0.4, 0.5) is 10.3 Å². The van der Waals surface area contributed by atoms with E-state index in [9.17, 15) is 9.18 Å². The quantitative estimate of drug-likeness (QED) is 0.730. The summed E-state index contributed by atoms with van der Waals surface area (Å²) in [5.41, 5.74) is 1.40. The van der Waals surface area contributed by atoms with Gasteiger partial charge in [-0.3, -0.25) is 9.36 Å². The van der Waals surface area contributed by atoms with Crippen molar-refractivity contribution in [1.82, 2.24) is 9.55 Å². The molecule has 0 bridgehead atoms. The lowest BCUT2D eigenvalue weighted by atomic mass is 10.2. The number of benzene rings is 1. The fourth-order valence-electron chi connectivity index (χ4n) is 2.23. The molecule has 0 aliphatic heterocycles. The maximum absolute atomic E-state index is 13.0. The van der Waals surface area contributed by atoms with E-state index in [0.29, 0.717) is 29.3 Å². The third kappa shape index (κ3) is 3.11. The van der Waals surface area contributed by atoms with E-state index in [1.54, 1.807) is 26.3 Å². The zero-order valence-corrected chi connectivity index (χ0v) is 13.6. The number of fused-ring (bicyclic) bond motifs is 1. The fraction of sp³-hybridized carbons (Fsp3) is 0.250. The third-order valence-corrected chi connectivity index (χ3v) is 4.63. The van der Waals surface area contributed by atoms with Crippen LogP contribution < -0.4 is 10.9 Å². The van der Waals surface area contributed by atoms with Gasteiger partial charge in [-0.1, -0.05) is 12.1 Å². The van der Waals surface area contributed by atoms with Crippen LogP contribution in [0, 0.1) is 5.82 Å². The van der Waals surface area contributed by atoms with Crippen molar-refractivity contribution in [2.45, 2.75) is 0 Å². The second-order valence-corrected chi connectivity index (χ2v) is 6.10. The topological polar surface area (TPSA) is 56.1 Å². The van der Waals surface area contributed by atoms with Crippen LogP contribution in [-0.4, -0.2) is 29.8 Å². The summed E-state index contributed by atoms with van der Waals surface area (Å²) in [4.78, 5) is 17.9. The van der Waals surface area contributed by atoms with Gasteiger partial charge in [0.15, 0.2) is 0 Å². The van der Waals surface area contributed by atoms with Gasteiger partial charge >= 0.3 is 0 Å². The Bertz CT molecular complexity index is 887. The van der Waals surface area contributed by atoms with Crippen molar-refractivity contribution in [2.24, 2.45) is 7.05 Å². The molecular formula is C16H16FN3O2S. The minimum absolute atomic E-state index is 0.103. The molecule has 7 heteroatoms. The molecule has 23 heavy (non-hydrogen) atoms. The molecule has 0 radical (unpaired) electrons. The molecule has 0 aliphatic carbocycles. The number of hydrogen-bond donors (Lipinski definition) is 1. The monoisotopic (exact) mass is 333 g/mol. The molecule has 0 unspecified atom stereocenters. The van der Waals surface area contributed by atoms with Crippen molar-refractivity contribution in [1.29, 1.82) is 0 Å². The SMILES string of the molecule is COCCNc1nc2cc(-c3ccc(F)cc3)sc2c(=O)n1C. The van der Waals surface area contributed by atoms with E-state index in [1.807, 2.05) is 6.07 Å². The zero-order valence-electron chi connectivity index (χ0n) is 12.8. The minimum atomic E-state index is -0.284. The van der Waals surface area contributed by atoms with Gasteiger partial charge in [-0.05, 0) is 23.8 Å². The van der Waals surface area contributed by atoms with Crippen LogP contribution >= 0.6 is 11.3 Å². The van der Waals surface area contributed by atoms with Gasteiger partial charge in [0, 0.05) is 25.6 Å². The van der Waals surface area contributed by atoms with E-state index in [2.05, 4.69) is 10.3 Å². The molecule has 0 amide bonds. The van der Waals surface area contributed by atoms with E-state index < -0.39 is 0 Å². The predicted octanol–water partition coefficient (Wildman–Crippen LogP) is 2.86. The number of thiophene rings is 1. The summed E-state index contributed by atoms with van der Waals surface area (Å²) in [5.74, 6) is 0.219. The first-order valence-electron chi connectivity index (χ1n) is 7.09. The van der Waals surface area contributed by atoms with Crippen molar-refractivity contribution in [3.8, 4) is 10.4 Å². The molecule has 2 aromatic heterocycles. The highest BCUT2D eigenvalue weighted by atomic mass is 32.1. The van der Waals surface area contributed by atoms with Crippen molar-refractivity contribution >= 4 is 27.5 Å². The van der Waals surface area contributed by atoms with Crippen LogP contribution in [0.3, 0.4) is 0 Å². The molecule has 1 N–H and O–H groups in total. The Morgan fingerprint density at radius 3 is 2.78 bits per heavy atom. The highest BCUT2D eigenvalue weighted by Gasteiger charge is 2.13. The second kappa shape index (κ2) is 6.47. The maximum Gasteiger partial charge on any atom is 0.272 e. The van der Waals surface area contributed by atoms with E-state index >= 15 is 0 Å². The van der Waals surface area contributed by atoms with Gasteiger partial charge in [-0.25, -0.2) is 9.37 Å². The van der Waals surface area contributed by atoms with E-state index in [1.165, 1.54) is 28.0 Å². The van der Waals surface area contributed by atoms with Crippen molar-refractivity contribution in [3.05, 3.63) is 46.5 Å². The minimum Gasteiger partial charge on any atom is -0.383 e. The Morgan fingerprint density at radius 1 is 1.35 bits per heavy atom. The van der Waals surface area contributed by atoms with Gasteiger partial charge in [-0.15, -0.1) is 11.3 Å². The number of rotatable bonds is 5. The van der Waals surface area contributed by atoms with Crippen LogP contribution in [0.5, 0.6) is 0 Å². The zero-order chi connectivity index (χ0) is 16.4. The second-order valence-electron chi connectivity index (χ2n) is 5.05. The molecule has 0 fully saturated rings. The third-order valence-electron chi connectivity index (χ3n) is 3.47. The molecule has 0 saturated heterocycles. The normalized spacial score (nSPS) is 11.1. The number of halogens is 1. The van der Waals surface area contributed by atoms with Crippen LogP contribution in [-0.2, 0) is 11.8 Å². The number of methoxy groups -OCH3 is 1. The first kappa shape index (κ1) is 15.6. The number of aromatic nitrogens is 2. The van der Waals surface area contributed by atoms with Crippen LogP contribution in [0.15, 0.2) is 35.1 Å². The van der Waals surface area contributed by atoms with Gasteiger partial charge < -0.3 is 10.1 Å². The average Bonchev–Trinajstić information content (AvgIpc) is 2.97. The van der Waals surface area contributed by atoms with Gasteiger partial charge in [-0.2, -0.15) is 0 Å². The summed E-state index contributed by atoms with van der Waals surface area (Å²) >= 11 is 1.36. The lowest BCUT2D eigenvalue weighted by Crippen LogP contribution is -2.22. The molecule has 5 nitrogen and oxygen atoms in total. The van der Waals surface area contributed by atoms with Crippen LogP contribution in [0.2, 0.25) is 0 Å². The maximum atomic E-state index is 13.0. The molecule has 2 heterocycles. The molecule has 0 aliphatic rings. The van der Waals surface area contributed by atoms with Crippen molar-refractivity contribution in [3.63, 3.8) is 0 Å². The van der Waals surface area contributed by atoms with Gasteiger partial charge in [0.1, 0.15) is 10.5 Å². The van der Waals surface area contributed by atoms with Crippen LogP contribution in [0.25, 0.3) is 20.7 Å². The summed E-state index contributed by atoms with van der Waals surface area (Å²) in [6, 6.07) is 8.06. The van der Waals surface area contributed by atoms with Gasteiger partial charge in [0.2, 0.25) is 5.95 Å². The Labute approximate surface area is 136 Å². The lowest BCUT2D eigenvalue weighted by Gasteiger charge is -2.09. The van der Waals surface area contributed by atoms with Crippen molar-refractivity contribution < 1.29 is 9.13 Å². The predicted molar refractivity (Wildman–Crippen MR) is 90.6 cm³/mol. The number of nitrogens with zero attached hydrogens (tertiary/aromatic N) is 2. The van der Waals surface area contributed by atoms with Crippen molar-refractivity contribution in [2.75, 3.05) is 25.6 Å². The molecule has 3 rings (SSSR count). The summed E-state index contributed by atoms with van der Waals surface area (Å²) in [5, 5.41) is 3.09. The fourth-order valence-corrected chi connectivity index (χ4v) is 3.31. The molecule has 3 aromatic rings. The molecule has 0 spiro atoms. The number of ether oxygens (including phenoxy) is 1. The lowest BCUT2D eigenvalue weighted by molar-refractivity contribution is 0.210. The van der Waals surface area contributed by atoms with Crippen LogP contribution in [0.1, 0.15) is 0 Å². The Hall–Kier alpha value is -2.25. The van der Waals surface area contributed by atoms with Gasteiger partial charge in [0.25, 0.3) is 5.56 Å². The Morgan fingerprint density at radius 2 is 2.09 bits per heavy atom. The van der Waals surface area contributed by atoms with E-state index in [4.69, 9.17) is 4.74 Å². The number of hydrogen-bond acceptors (Lipinski definition) is 5. The summed E-state index contributed by atoms with van der Waals surface area (Å²) < 4.78 is 20.1. The van der Waals surface area contributed by atoms with Gasteiger partial charge in [0.05, 0.1) is 12.1 Å². The van der Waals surface area contributed by atoms with E-state index in [0.717, 1.165) is 10.4 Å². The smallest absolute Gasteiger partial charge is 0.272 e. The molecule has 1 aromatic carbocycles. The first-order valence-corrected chi connectivity index (χ1v) is 7.91. The highest BCUT2D eigenvalue weighted by Crippen LogP contribution is 2.31. The highest BCUT2D eigenvalue weighted by molar-refractivity contribution is 7.22. The molecular weight excluding hydrogens is 317 g/mol. The average molecular weight is 333 g/mol. The first-order chi connectivity index (χ1) is 11.1. The standard InChI is InChI=1S/C16H16FN3O2S/c1-20-15(21)14-12(19-16(20)18-7-8-22-2)9-13(23-14)10-3-5-11(17)6-4-10/h3-6,9H,7-8H2,1-2H3,(H,18,19).